The number of amides is 2. The number of carbonyl (C=O) groups excluding carboxylic acids is 2. The van der Waals surface area contributed by atoms with Crippen LogP contribution in [0.3, 0.4) is 0 Å². The number of guanidine groups is 1. The maximum atomic E-state index is 12.7. The van der Waals surface area contributed by atoms with Crippen LogP contribution in [-0.4, -0.2) is 98.4 Å². The third-order valence-electron chi connectivity index (χ3n) is 5.96. The van der Waals surface area contributed by atoms with E-state index in [1.807, 2.05) is 23.1 Å². The Kier molecular flexibility index (Phi) is 8.98. The van der Waals surface area contributed by atoms with Gasteiger partial charge in [0.1, 0.15) is 0 Å². The second kappa shape index (κ2) is 11.9. The van der Waals surface area contributed by atoms with Gasteiger partial charge in [-0.15, -0.1) is 24.0 Å². The average molecular weight is 566 g/mol. The molecule has 1 aromatic heterocycles. The monoisotopic (exact) mass is 566 g/mol. The normalized spacial score (nSPS) is 16.9. The predicted octanol–water partition coefficient (Wildman–Crippen LogP) is 1.58. The number of halogens is 1. The Hall–Kier alpha value is -2.76. The van der Waals surface area contributed by atoms with E-state index in [9.17, 15) is 9.59 Å². The van der Waals surface area contributed by atoms with Crippen LogP contribution in [0.15, 0.2) is 58.1 Å². The molecule has 0 atom stereocenters. The minimum absolute atomic E-state index is 0. The lowest BCUT2D eigenvalue weighted by Crippen LogP contribution is -2.56. The van der Waals surface area contributed by atoms with E-state index in [2.05, 4.69) is 32.2 Å². The highest BCUT2D eigenvalue weighted by Gasteiger charge is 2.26. The molecule has 2 saturated heterocycles. The highest BCUT2D eigenvalue weighted by atomic mass is 127. The first-order chi connectivity index (χ1) is 15.7. The van der Waals surface area contributed by atoms with E-state index in [1.54, 1.807) is 24.1 Å². The molecular formula is C23H31IN6O3. The number of para-hydroxylation sites is 1. The molecule has 2 aromatic rings. The second-order valence-electron chi connectivity index (χ2n) is 7.86. The van der Waals surface area contributed by atoms with Gasteiger partial charge in [0.25, 0.3) is 5.91 Å². The summed E-state index contributed by atoms with van der Waals surface area (Å²) in [5.74, 6) is 1.03. The lowest BCUT2D eigenvalue weighted by Gasteiger charge is -2.37. The largest absolute Gasteiger partial charge is 0.459 e. The van der Waals surface area contributed by atoms with Crippen LogP contribution in [0.1, 0.15) is 10.6 Å². The minimum Gasteiger partial charge on any atom is -0.459 e. The summed E-state index contributed by atoms with van der Waals surface area (Å²) in [4.78, 5) is 37.5. The van der Waals surface area contributed by atoms with E-state index in [4.69, 9.17) is 4.42 Å². The molecule has 1 N–H and O–H groups in total. The predicted molar refractivity (Wildman–Crippen MR) is 138 cm³/mol. The molecule has 2 aliphatic rings. The van der Waals surface area contributed by atoms with Gasteiger partial charge in [0.05, 0.1) is 12.8 Å². The summed E-state index contributed by atoms with van der Waals surface area (Å²) in [6.45, 7) is 5.75. The molecule has 0 spiro atoms. The van der Waals surface area contributed by atoms with Crippen molar-refractivity contribution in [2.45, 2.75) is 0 Å². The van der Waals surface area contributed by atoms with Crippen LogP contribution in [0.2, 0.25) is 0 Å². The number of hydrogen-bond acceptors (Lipinski definition) is 5. The van der Waals surface area contributed by atoms with Gasteiger partial charge in [0.15, 0.2) is 11.7 Å². The van der Waals surface area contributed by atoms with E-state index >= 15 is 0 Å². The first-order valence-electron chi connectivity index (χ1n) is 11.0. The Labute approximate surface area is 211 Å². The molecule has 1 aromatic carbocycles. The summed E-state index contributed by atoms with van der Waals surface area (Å²) in [5.41, 5.74) is 1.20. The van der Waals surface area contributed by atoms with Crippen LogP contribution in [0.25, 0.3) is 0 Å². The molecule has 2 fully saturated rings. The van der Waals surface area contributed by atoms with Crippen LogP contribution >= 0.6 is 24.0 Å². The van der Waals surface area contributed by atoms with Crippen molar-refractivity contribution in [1.29, 1.82) is 0 Å². The standard InChI is InChI=1S/C23H30N6O3.HI/c1-24-23(29-15-13-28(14-16-29)22(31)20-8-5-17-32-20)25-18-21(30)27-11-9-26(10-12-27)19-6-3-2-4-7-19;/h2-8,17H,9-16,18H2,1H3,(H,24,25);1H. The number of nitrogens with one attached hydrogen (secondary N) is 1. The van der Waals surface area contributed by atoms with Crippen molar-refractivity contribution >= 4 is 47.4 Å². The molecule has 3 heterocycles. The molecular weight excluding hydrogens is 535 g/mol. The third-order valence-corrected chi connectivity index (χ3v) is 5.96. The van der Waals surface area contributed by atoms with E-state index in [1.165, 1.54) is 12.0 Å². The van der Waals surface area contributed by atoms with Crippen molar-refractivity contribution in [3.63, 3.8) is 0 Å². The van der Waals surface area contributed by atoms with Gasteiger partial charge in [-0.05, 0) is 24.3 Å². The van der Waals surface area contributed by atoms with Crippen molar-refractivity contribution in [2.24, 2.45) is 4.99 Å². The summed E-state index contributed by atoms with van der Waals surface area (Å²) in [5, 5.41) is 3.20. The molecule has 0 unspecified atom stereocenters. The SMILES string of the molecule is CN=C(NCC(=O)N1CCN(c2ccccc2)CC1)N1CCN(C(=O)c2ccco2)CC1.I. The molecule has 0 radical (unpaired) electrons. The Morgan fingerprint density at radius 1 is 0.879 bits per heavy atom. The summed E-state index contributed by atoms with van der Waals surface area (Å²) < 4.78 is 5.21. The Bertz CT molecular complexity index is 921. The highest BCUT2D eigenvalue weighted by molar-refractivity contribution is 14.0. The zero-order valence-corrected chi connectivity index (χ0v) is 21.2. The zero-order chi connectivity index (χ0) is 22.3. The third kappa shape index (κ3) is 6.18. The zero-order valence-electron chi connectivity index (χ0n) is 18.9. The lowest BCUT2D eigenvalue weighted by atomic mass is 10.2. The molecule has 2 aliphatic heterocycles. The van der Waals surface area contributed by atoms with Crippen molar-refractivity contribution in [1.82, 2.24) is 20.0 Å². The van der Waals surface area contributed by atoms with Gasteiger partial charge < -0.3 is 29.3 Å². The molecule has 9 nitrogen and oxygen atoms in total. The fourth-order valence-electron chi connectivity index (χ4n) is 4.13. The van der Waals surface area contributed by atoms with Crippen molar-refractivity contribution < 1.29 is 14.0 Å². The second-order valence-corrected chi connectivity index (χ2v) is 7.86. The average Bonchev–Trinajstić information content (AvgIpc) is 3.40. The maximum Gasteiger partial charge on any atom is 0.289 e. The summed E-state index contributed by atoms with van der Waals surface area (Å²) in [6.07, 6.45) is 1.51. The minimum atomic E-state index is -0.0950. The molecule has 0 saturated carbocycles. The van der Waals surface area contributed by atoms with E-state index in [-0.39, 0.29) is 42.3 Å². The first-order valence-corrected chi connectivity index (χ1v) is 11.0. The molecule has 4 rings (SSSR count). The van der Waals surface area contributed by atoms with E-state index in [0.717, 1.165) is 13.1 Å². The van der Waals surface area contributed by atoms with Crippen LogP contribution < -0.4 is 10.2 Å². The number of piperazine rings is 2. The van der Waals surface area contributed by atoms with Gasteiger partial charge in [0, 0.05) is 65.1 Å². The first kappa shape index (κ1) is 24.9. The Balaban J connectivity index is 0.00000306. The number of rotatable bonds is 4. The van der Waals surface area contributed by atoms with Gasteiger partial charge in [-0.25, -0.2) is 0 Å². The fraction of sp³-hybridized carbons (Fsp3) is 0.435. The van der Waals surface area contributed by atoms with E-state index < -0.39 is 0 Å². The van der Waals surface area contributed by atoms with E-state index in [0.29, 0.717) is 51.0 Å². The molecule has 0 bridgehead atoms. The quantitative estimate of drug-likeness (QED) is 0.344. The lowest BCUT2D eigenvalue weighted by molar-refractivity contribution is -0.130. The number of nitrogens with zero attached hydrogens (tertiary/aromatic N) is 5. The van der Waals surface area contributed by atoms with Crippen molar-refractivity contribution in [3.8, 4) is 0 Å². The molecule has 178 valence electrons. The number of anilines is 1. The highest BCUT2D eigenvalue weighted by Crippen LogP contribution is 2.15. The Morgan fingerprint density at radius 3 is 2.12 bits per heavy atom. The summed E-state index contributed by atoms with van der Waals surface area (Å²) >= 11 is 0. The molecule has 10 heteroatoms. The van der Waals surface area contributed by atoms with Crippen LogP contribution in [-0.2, 0) is 4.79 Å². The number of furan rings is 1. The van der Waals surface area contributed by atoms with Crippen LogP contribution in [0.5, 0.6) is 0 Å². The van der Waals surface area contributed by atoms with Gasteiger partial charge >= 0.3 is 0 Å². The number of aliphatic imine (C=N–C) groups is 1. The van der Waals surface area contributed by atoms with Crippen LogP contribution in [0.4, 0.5) is 5.69 Å². The van der Waals surface area contributed by atoms with Crippen LogP contribution in [0, 0.1) is 0 Å². The smallest absolute Gasteiger partial charge is 0.289 e. The summed E-state index contributed by atoms with van der Waals surface area (Å²) in [6, 6.07) is 13.7. The van der Waals surface area contributed by atoms with Crippen molar-refractivity contribution in [2.75, 3.05) is 70.9 Å². The maximum absolute atomic E-state index is 12.7. The van der Waals surface area contributed by atoms with Gasteiger partial charge in [-0.3, -0.25) is 14.6 Å². The topological polar surface area (TPSA) is 84.6 Å². The number of carbonyl (C=O) groups is 2. The molecule has 33 heavy (non-hydrogen) atoms. The van der Waals surface area contributed by atoms with Gasteiger partial charge in [-0.1, -0.05) is 18.2 Å². The van der Waals surface area contributed by atoms with Crippen molar-refractivity contribution in [3.05, 3.63) is 54.5 Å². The number of benzene rings is 1. The van der Waals surface area contributed by atoms with Gasteiger partial charge in [-0.2, -0.15) is 0 Å². The number of hydrogen-bond donors (Lipinski definition) is 1. The molecule has 2 amide bonds. The molecule has 0 aliphatic carbocycles. The van der Waals surface area contributed by atoms with Gasteiger partial charge in [0.2, 0.25) is 5.91 Å². The fourth-order valence-corrected chi connectivity index (χ4v) is 4.13. The Morgan fingerprint density at radius 2 is 1.52 bits per heavy atom. The summed E-state index contributed by atoms with van der Waals surface area (Å²) in [7, 11) is 1.71.